The second-order valence-corrected chi connectivity index (χ2v) is 4.24. The molecule has 2 aromatic rings. The monoisotopic (exact) mass is 239 g/mol. The van der Waals surface area contributed by atoms with Gasteiger partial charge in [0, 0.05) is 31.0 Å². The molecule has 0 spiro atoms. The van der Waals surface area contributed by atoms with Crippen molar-refractivity contribution < 1.29 is 0 Å². The summed E-state index contributed by atoms with van der Waals surface area (Å²) in [5.41, 5.74) is 0.0269. The second-order valence-electron chi connectivity index (χ2n) is 4.24. The van der Waals surface area contributed by atoms with Crippen LogP contribution in [0.3, 0.4) is 0 Å². The van der Waals surface area contributed by atoms with Crippen molar-refractivity contribution in [2.75, 3.05) is 11.4 Å². The zero-order chi connectivity index (χ0) is 12.5. The summed E-state index contributed by atoms with van der Waals surface area (Å²) < 4.78 is 1.67. The Labute approximate surface area is 104 Å². The van der Waals surface area contributed by atoms with Gasteiger partial charge in [-0.2, -0.15) is 0 Å². The first-order chi connectivity index (χ1) is 8.77. The van der Waals surface area contributed by atoms with Crippen LogP contribution in [0.4, 0.5) is 5.82 Å². The summed E-state index contributed by atoms with van der Waals surface area (Å²) in [5.74, 6) is 0.876. The van der Waals surface area contributed by atoms with Crippen molar-refractivity contribution in [1.29, 1.82) is 0 Å². The summed E-state index contributed by atoms with van der Waals surface area (Å²) in [6, 6.07) is 9.67. The number of fused-ring (bicyclic) bond motifs is 1. The van der Waals surface area contributed by atoms with E-state index in [1.54, 1.807) is 17.8 Å². The number of nitrogens with zero attached hydrogens (tertiary/aromatic N) is 3. The predicted molar refractivity (Wildman–Crippen MR) is 74.2 cm³/mol. The van der Waals surface area contributed by atoms with E-state index in [2.05, 4.69) is 4.99 Å². The van der Waals surface area contributed by atoms with E-state index in [9.17, 15) is 4.79 Å². The lowest BCUT2D eigenvalue weighted by atomic mass is 10.1. The van der Waals surface area contributed by atoms with Gasteiger partial charge in [0.05, 0.1) is 6.54 Å². The average Bonchev–Trinajstić information content (AvgIpc) is 2.44. The number of benzene rings is 1. The number of pyridine rings is 1. The third kappa shape index (κ3) is 1.62. The van der Waals surface area contributed by atoms with E-state index < -0.39 is 0 Å². The maximum atomic E-state index is 12.3. The van der Waals surface area contributed by atoms with E-state index >= 15 is 0 Å². The molecule has 0 unspecified atom stereocenters. The van der Waals surface area contributed by atoms with Crippen LogP contribution in [-0.2, 0) is 7.05 Å². The molecule has 0 fully saturated rings. The summed E-state index contributed by atoms with van der Waals surface area (Å²) >= 11 is 0. The predicted octanol–water partition coefficient (Wildman–Crippen LogP) is 1.90. The van der Waals surface area contributed by atoms with Gasteiger partial charge in [0.2, 0.25) is 0 Å². The molecule has 0 radical (unpaired) electrons. The Morgan fingerprint density at radius 3 is 2.89 bits per heavy atom. The topological polar surface area (TPSA) is 37.6 Å². The lowest BCUT2D eigenvalue weighted by molar-refractivity contribution is 0.842. The molecular weight excluding hydrogens is 226 g/mol. The number of aliphatic imine (C=N–C) groups is 1. The van der Waals surface area contributed by atoms with Crippen molar-refractivity contribution in [3.8, 4) is 0 Å². The van der Waals surface area contributed by atoms with Crippen LogP contribution < -0.4 is 10.5 Å². The van der Waals surface area contributed by atoms with Gasteiger partial charge in [-0.25, -0.2) is 0 Å². The Bertz CT molecular complexity index is 713. The summed E-state index contributed by atoms with van der Waals surface area (Å²) in [6.45, 7) is 0.683. The van der Waals surface area contributed by atoms with E-state index in [0.717, 1.165) is 16.6 Å². The van der Waals surface area contributed by atoms with E-state index in [1.165, 1.54) is 0 Å². The quantitative estimate of drug-likeness (QED) is 0.762. The van der Waals surface area contributed by atoms with E-state index in [1.807, 2.05) is 47.6 Å². The van der Waals surface area contributed by atoms with E-state index in [-0.39, 0.29) is 5.56 Å². The smallest absolute Gasteiger partial charge is 0.259 e. The molecular formula is C14H13N3O. The fourth-order valence-electron chi connectivity index (χ4n) is 2.16. The highest BCUT2D eigenvalue weighted by molar-refractivity contribution is 5.85. The van der Waals surface area contributed by atoms with Crippen molar-refractivity contribution in [1.82, 2.24) is 4.57 Å². The van der Waals surface area contributed by atoms with Crippen LogP contribution in [0.15, 0.2) is 52.5 Å². The average molecular weight is 239 g/mol. The molecule has 0 amide bonds. The molecule has 18 heavy (non-hydrogen) atoms. The summed E-state index contributed by atoms with van der Waals surface area (Å²) in [7, 11) is 1.80. The maximum Gasteiger partial charge on any atom is 0.259 e. The molecule has 3 rings (SSSR count). The van der Waals surface area contributed by atoms with E-state index in [4.69, 9.17) is 0 Å². The lowest BCUT2D eigenvalue weighted by Crippen LogP contribution is -2.28. The van der Waals surface area contributed by atoms with Crippen LogP contribution in [-0.4, -0.2) is 17.3 Å². The standard InChI is InChI=1S/C14H13N3O/c1-16-13(17-8-6-15-7-9-17)10-11-4-2-3-5-12(11)14(16)18/h2-8,10H,9H2,1H3. The molecule has 90 valence electrons. The molecule has 0 saturated carbocycles. The Hall–Kier alpha value is -2.36. The minimum atomic E-state index is 0.0269. The molecule has 1 aliphatic heterocycles. The number of hydrogen-bond acceptors (Lipinski definition) is 3. The van der Waals surface area contributed by atoms with Crippen LogP contribution in [0.5, 0.6) is 0 Å². The van der Waals surface area contributed by atoms with Crippen molar-refractivity contribution in [2.45, 2.75) is 0 Å². The molecule has 1 aliphatic rings. The Morgan fingerprint density at radius 2 is 2.11 bits per heavy atom. The zero-order valence-electron chi connectivity index (χ0n) is 10.1. The highest BCUT2D eigenvalue weighted by atomic mass is 16.1. The summed E-state index contributed by atoms with van der Waals surface area (Å²) in [4.78, 5) is 18.3. The first kappa shape index (κ1) is 10.8. The molecule has 0 bridgehead atoms. The van der Waals surface area contributed by atoms with Crippen LogP contribution in [0.25, 0.3) is 10.8 Å². The fraction of sp³-hybridized carbons (Fsp3) is 0.143. The molecule has 1 aromatic carbocycles. The van der Waals surface area contributed by atoms with Crippen molar-refractivity contribution in [3.63, 3.8) is 0 Å². The molecule has 1 aromatic heterocycles. The first-order valence-corrected chi connectivity index (χ1v) is 5.81. The van der Waals surface area contributed by atoms with Crippen LogP contribution in [0.2, 0.25) is 0 Å². The molecule has 4 nitrogen and oxygen atoms in total. The third-order valence-electron chi connectivity index (χ3n) is 3.13. The number of rotatable bonds is 1. The molecule has 0 N–H and O–H groups in total. The number of anilines is 1. The molecule has 0 atom stereocenters. The minimum absolute atomic E-state index is 0.0269. The van der Waals surface area contributed by atoms with Gasteiger partial charge in [0.25, 0.3) is 5.56 Å². The van der Waals surface area contributed by atoms with E-state index in [0.29, 0.717) is 6.54 Å². The highest BCUT2D eigenvalue weighted by Gasteiger charge is 2.11. The lowest BCUT2D eigenvalue weighted by Gasteiger charge is -2.22. The molecule has 4 heteroatoms. The minimum Gasteiger partial charge on any atom is -0.327 e. The summed E-state index contributed by atoms with van der Waals surface area (Å²) in [6.07, 6.45) is 5.42. The van der Waals surface area contributed by atoms with Gasteiger partial charge in [-0.05, 0) is 17.5 Å². The van der Waals surface area contributed by atoms with Gasteiger partial charge in [0.15, 0.2) is 0 Å². The van der Waals surface area contributed by atoms with Crippen molar-refractivity contribution in [2.24, 2.45) is 12.0 Å². The maximum absolute atomic E-state index is 12.3. The van der Waals surface area contributed by atoms with Gasteiger partial charge in [0.1, 0.15) is 5.82 Å². The Balaban J connectivity index is 2.24. The fourth-order valence-corrected chi connectivity index (χ4v) is 2.16. The van der Waals surface area contributed by atoms with Gasteiger partial charge in [-0.1, -0.05) is 18.2 Å². The van der Waals surface area contributed by atoms with Crippen LogP contribution in [0, 0.1) is 0 Å². The van der Waals surface area contributed by atoms with Crippen molar-refractivity contribution >= 4 is 22.8 Å². The zero-order valence-corrected chi connectivity index (χ0v) is 10.1. The Morgan fingerprint density at radius 1 is 1.28 bits per heavy atom. The number of aromatic nitrogens is 1. The summed E-state index contributed by atoms with van der Waals surface area (Å²) in [5, 5.41) is 1.71. The van der Waals surface area contributed by atoms with Crippen LogP contribution >= 0.6 is 0 Å². The van der Waals surface area contributed by atoms with Crippen LogP contribution in [0.1, 0.15) is 0 Å². The molecule has 2 heterocycles. The second kappa shape index (κ2) is 4.14. The Kier molecular flexibility index (Phi) is 2.48. The van der Waals surface area contributed by atoms with Crippen molar-refractivity contribution in [3.05, 3.63) is 53.1 Å². The van der Waals surface area contributed by atoms with Gasteiger partial charge < -0.3 is 4.90 Å². The van der Waals surface area contributed by atoms with Gasteiger partial charge in [-0.15, -0.1) is 0 Å². The molecule has 0 aliphatic carbocycles. The SMILES string of the molecule is Cn1c(N2C=CN=CC2)cc2ccccc2c1=O. The third-order valence-corrected chi connectivity index (χ3v) is 3.13. The number of hydrogen-bond donors (Lipinski definition) is 0. The normalized spacial score (nSPS) is 14.4. The largest absolute Gasteiger partial charge is 0.327 e. The van der Waals surface area contributed by atoms with Gasteiger partial charge >= 0.3 is 0 Å². The van der Waals surface area contributed by atoms with Gasteiger partial charge in [-0.3, -0.25) is 14.4 Å². The molecule has 0 saturated heterocycles. The highest BCUT2D eigenvalue weighted by Crippen LogP contribution is 2.19. The first-order valence-electron chi connectivity index (χ1n) is 5.81.